The molecule has 1 heterocycles. The fourth-order valence-corrected chi connectivity index (χ4v) is 1.70. The third kappa shape index (κ3) is 2.06. The molecule has 2 rings (SSSR count). The number of hydrogen-bond acceptors (Lipinski definition) is 5. The van der Waals surface area contributed by atoms with Crippen molar-refractivity contribution in [3.05, 3.63) is 11.7 Å². The van der Waals surface area contributed by atoms with E-state index < -0.39 is 11.4 Å². The van der Waals surface area contributed by atoms with Crippen molar-refractivity contribution in [1.82, 2.24) is 15.5 Å². The topological polar surface area (TPSA) is 88.2 Å². The number of aryl methyl sites for hydroxylation is 1. The van der Waals surface area contributed by atoms with Crippen molar-refractivity contribution in [2.75, 3.05) is 6.61 Å². The van der Waals surface area contributed by atoms with Crippen LogP contribution in [0.15, 0.2) is 4.52 Å². The number of aliphatic hydroxyl groups is 1. The van der Waals surface area contributed by atoms with Gasteiger partial charge in [-0.2, -0.15) is 4.98 Å². The second-order valence-electron chi connectivity index (χ2n) is 4.44. The highest BCUT2D eigenvalue weighted by atomic mass is 16.5. The van der Waals surface area contributed by atoms with E-state index in [4.69, 9.17) is 4.52 Å². The Bertz CT molecular complexity index is 400. The Hall–Kier alpha value is -1.43. The van der Waals surface area contributed by atoms with Crippen LogP contribution in [0.5, 0.6) is 0 Å². The number of nitrogens with one attached hydrogen (secondary N) is 1. The Kier molecular flexibility index (Phi) is 2.67. The number of rotatable bonds is 4. The SMILES string of the molecule is Cc1nc(C(=O)NC(C)(CO)C2CC2)no1. The minimum absolute atomic E-state index is 0.0119. The molecule has 1 aliphatic rings. The fraction of sp³-hybridized carbons (Fsp3) is 0.700. The van der Waals surface area contributed by atoms with Gasteiger partial charge in [0, 0.05) is 6.92 Å². The van der Waals surface area contributed by atoms with Gasteiger partial charge in [0.15, 0.2) is 0 Å². The molecule has 1 saturated carbocycles. The van der Waals surface area contributed by atoms with Crippen molar-refractivity contribution in [3.8, 4) is 0 Å². The maximum absolute atomic E-state index is 11.8. The van der Waals surface area contributed by atoms with Crippen LogP contribution in [0.1, 0.15) is 36.3 Å². The van der Waals surface area contributed by atoms with Crippen LogP contribution in [0.3, 0.4) is 0 Å². The Morgan fingerprint density at radius 3 is 2.81 bits per heavy atom. The minimum Gasteiger partial charge on any atom is -0.394 e. The zero-order chi connectivity index (χ0) is 11.8. The van der Waals surface area contributed by atoms with E-state index in [0.717, 1.165) is 12.8 Å². The highest BCUT2D eigenvalue weighted by Crippen LogP contribution is 2.39. The second kappa shape index (κ2) is 3.86. The smallest absolute Gasteiger partial charge is 0.293 e. The molecule has 6 heteroatoms. The van der Waals surface area contributed by atoms with E-state index >= 15 is 0 Å². The quantitative estimate of drug-likeness (QED) is 0.767. The molecule has 1 aromatic heterocycles. The Balaban J connectivity index is 2.06. The molecule has 1 fully saturated rings. The monoisotopic (exact) mass is 225 g/mol. The first-order chi connectivity index (χ1) is 7.55. The lowest BCUT2D eigenvalue weighted by Crippen LogP contribution is -2.51. The predicted molar refractivity (Wildman–Crippen MR) is 54.7 cm³/mol. The number of carbonyl (C=O) groups is 1. The van der Waals surface area contributed by atoms with Crippen LogP contribution < -0.4 is 5.32 Å². The van der Waals surface area contributed by atoms with Crippen LogP contribution in [-0.4, -0.2) is 33.3 Å². The van der Waals surface area contributed by atoms with Crippen LogP contribution in [-0.2, 0) is 0 Å². The van der Waals surface area contributed by atoms with Gasteiger partial charge in [0.25, 0.3) is 11.7 Å². The molecule has 6 nitrogen and oxygen atoms in total. The molecule has 0 radical (unpaired) electrons. The van der Waals surface area contributed by atoms with Crippen LogP contribution in [0, 0.1) is 12.8 Å². The third-order valence-corrected chi connectivity index (χ3v) is 2.94. The van der Waals surface area contributed by atoms with Crippen molar-refractivity contribution in [2.45, 2.75) is 32.2 Å². The summed E-state index contributed by atoms with van der Waals surface area (Å²) in [7, 11) is 0. The number of aliphatic hydroxyl groups excluding tert-OH is 1. The van der Waals surface area contributed by atoms with Gasteiger partial charge in [-0.1, -0.05) is 5.16 Å². The van der Waals surface area contributed by atoms with Gasteiger partial charge in [0.2, 0.25) is 5.89 Å². The minimum atomic E-state index is -0.578. The predicted octanol–water partition coefficient (Wildman–Crippen LogP) is 0.269. The van der Waals surface area contributed by atoms with Gasteiger partial charge in [0.1, 0.15) is 0 Å². The molecule has 1 amide bonds. The molecule has 0 spiro atoms. The van der Waals surface area contributed by atoms with Gasteiger partial charge in [-0.25, -0.2) is 0 Å². The number of nitrogens with zero attached hydrogens (tertiary/aromatic N) is 2. The van der Waals surface area contributed by atoms with Gasteiger partial charge >= 0.3 is 0 Å². The Labute approximate surface area is 93.0 Å². The average Bonchev–Trinajstić information content (AvgIpc) is 3.02. The van der Waals surface area contributed by atoms with Gasteiger partial charge in [-0.05, 0) is 25.7 Å². The molecule has 0 saturated heterocycles. The molecule has 0 aromatic carbocycles. The molecule has 2 N–H and O–H groups in total. The number of aromatic nitrogens is 2. The number of carbonyl (C=O) groups excluding carboxylic acids is 1. The summed E-state index contributed by atoms with van der Waals surface area (Å²) in [5.41, 5.74) is -0.578. The molecule has 1 aromatic rings. The molecule has 1 aliphatic carbocycles. The Morgan fingerprint density at radius 2 is 2.38 bits per heavy atom. The zero-order valence-corrected chi connectivity index (χ0v) is 9.36. The van der Waals surface area contributed by atoms with E-state index in [2.05, 4.69) is 15.5 Å². The van der Waals surface area contributed by atoms with Crippen molar-refractivity contribution in [2.24, 2.45) is 5.92 Å². The van der Waals surface area contributed by atoms with Gasteiger partial charge in [-0.15, -0.1) is 0 Å². The van der Waals surface area contributed by atoms with E-state index in [-0.39, 0.29) is 12.4 Å². The lowest BCUT2D eigenvalue weighted by atomic mass is 9.97. The fourth-order valence-electron chi connectivity index (χ4n) is 1.70. The molecule has 0 bridgehead atoms. The van der Waals surface area contributed by atoms with Gasteiger partial charge in [0.05, 0.1) is 12.1 Å². The van der Waals surface area contributed by atoms with Gasteiger partial charge < -0.3 is 14.9 Å². The summed E-state index contributed by atoms with van der Waals surface area (Å²) in [6.07, 6.45) is 2.06. The average molecular weight is 225 g/mol. The highest BCUT2D eigenvalue weighted by Gasteiger charge is 2.42. The van der Waals surface area contributed by atoms with E-state index in [0.29, 0.717) is 11.8 Å². The maximum atomic E-state index is 11.8. The van der Waals surface area contributed by atoms with E-state index in [9.17, 15) is 9.90 Å². The summed E-state index contributed by atoms with van der Waals surface area (Å²) >= 11 is 0. The number of hydrogen-bond donors (Lipinski definition) is 2. The maximum Gasteiger partial charge on any atom is 0.293 e. The van der Waals surface area contributed by atoms with E-state index in [1.165, 1.54) is 0 Å². The number of amides is 1. The van der Waals surface area contributed by atoms with Crippen molar-refractivity contribution in [3.63, 3.8) is 0 Å². The lowest BCUT2D eigenvalue weighted by molar-refractivity contribution is 0.0811. The first kappa shape index (κ1) is 11.1. The zero-order valence-electron chi connectivity index (χ0n) is 9.36. The summed E-state index contributed by atoms with van der Waals surface area (Å²) in [6, 6.07) is 0. The normalized spacial score (nSPS) is 19.2. The second-order valence-corrected chi connectivity index (χ2v) is 4.44. The van der Waals surface area contributed by atoms with Gasteiger partial charge in [-0.3, -0.25) is 4.79 Å². The van der Waals surface area contributed by atoms with E-state index in [1.54, 1.807) is 6.92 Å². The van der Waals surface area contributed by atoms with Crippen LogP contribution in [0.2, 0.25) is 0 Å². The summed E-state index contributed by atoms with van der Waals surface area (Å²) in [4.78, 5) is 15.6. The van der Waals surface area contributed by atoms with Crippen LogP contribution in [0.25, 0.3) is 0 Å². The lowest BCUT2D eigenvalue weighted by Gasteiger charge is -2.27. The summed E-state index contributed by atoms with van der Waals surface area (Å²) in [5.74, 6) is 0.301. The molecule has 16 heavy (non-hydrogen) atoms. The summed E-state index contributed by atoms with van der Waals surface area (Å²) in [5, 5.41) is 15.6. The van der Waals surface area contributed by atoms with Crippen molar-refractivity contribution >= 4 is 5.91 Å². The summed E-state index contributed by atoms with van der Waals surface area (Å²) < 4.78 is 4.73. The van der Waals surface area contributed by atoms with E-state index in [1.807, 2.05) is 6.92 Å². The third-order valence-electron chi connectivity index (χ3n) is 2.94. The molecule has 1 atom stereocenters. The first-order valence-electron chi connectivity index (χ1n) is 5.29. The largest absolute Gasteiger partial charge is 0.394 e. The summed E-state index contributed by atoms with van der Waals surface area (Å²) in [6.45, 7) is 3.37. The standard InChI is InChI=1S/C10H15N3O3/c1-6-11-8(13-16-6)9(15)12-10(2,5-14)7-3-4-7/h7,14H,3-5H2,1-2H3,(H,12,15). The molecular weight excluding hydrogens is 210 g/mol. The van der Waals surface area contributed by atoms with Crippen molar-refractivity contribution in [1.29, 1.82) is 0 Å². The molecule has 88 valence electrons. The Morgan fingerprint density at radius 1 is 1.69 bits per heavy atom. The molecule has 0 aliphatic heterocycles. The van der Waals surface area contributed by atoms with Crippen molar-refractivity contribution < 1.29 is 14.4 Å². The molecular formula is C10H15N3O3. The van der Waals surface area contributed by atoms with Crippen LogP contribution >= 0.6 is 0 Å². The molecule has 1 unspecified atom stereocenters. The first-order valence-corrected chi connectivity index (χ1v) is 5.29. The highest BCUT2D eigenvalue weighted by molar-refractivity contribution is 5.90. The van der Waals surface area contributed by atoms with Crippen LogP contribution in [0.4, 0.5) is 0 Å².